The zero-order chi connectivity index (χ0) is 16.4. The summed E-state index contributed by atoms with van der Waals surface area (Å²) in [5.74, 6) is -0.220. The van der Waals surface area contributed by atoms with Crippen molar-refractivity contribution in [3.05, 3.63) is 28.2 Å². The van der Waals surface area contributed by atoms with E-state index in [9.17, 15) is 9.59 Å². The van der Waals surface area contributed by atoms with Crippen molar-refractivity contribution < 1.29 is 9.59 Å². The van der Waals surface area contributed by atoms with Gasteiger partial charge in [-0.3, -0.25) is 9.59 Å². The average Bonchev–Trinajstić information content (AvgIpc) is 2.74. The summed E-state index contributed by atoms with van der Waals surface area (Å²) in [5.41, 5.74) is 0.632. The lowest BCUT2D eigenvalue weighted by atomic mass is 10.1. The molecule has 2 aliphatic rings. The van der Waals surface area contributed by atoms with E-state index in [1.165, 1.54) is 12.8 Å². The molecule has 2 fully saturated rings. The first kappa shape index (κ1) is 16.6. The number of carbonyl (C=O) groups is 2. The van der Waals surface area contributed by atoms with Crippen LogP contribution in [0, 0.1) is 5.92 Å². The number of likely N-dealkylation sites (tertiary alicyclic amines) is 1. The fourth-order valence-electron chi connectivity index (χ4n) is 3.36. The highest BCUT2D eigenvalue weighted by Crippen LogP contribution is 2.33. The molecule has 1 aromatic carbocycles. The molecular formula is C17H20Cl2N2O2. The second kappa shape index (κ2) is 7.10. The van der Waals surface area contributed by atoms with Crippen molar-refractivity contribution in [2.24, 2.45) is 5.92 Å². The Balaban J connectivity index is 1.72. The minimum Gasteiger partial charge on any atom is -0.342 e. The molecule has 0 N–H and O–H groups in total. The number of amides is 2. The Morgan fingerprint density at radius 2 is 1.78 bits per heavy atom. The summed E-state index contributed by atoms with van der Waals surface area (Å²) in [6.07, 6.45) is 4.73. The van der Waals surface area contributed by atoms with Gasteiger partial charge in [0.05, 0.1) is 16.6 Å². The highest BCUT2D eigenvalue weighted by Gasteiger charge is 2.37. The fraction of sp³-hybridized carbons (Fsp3) is 0.529. The van der Waals surface area contributed by atoms with Gasteiger partial charge in [-0.15, -0.1) is 0 Å². The van der Waals surface area contributed by atoms with Gasteiger partial charge in [0.1, 0.15) is 0 Å². The van der Waals surface area contributed by atoms with Crippen LogP contribution in [-0.4, -0.2) is 36.3 Å². The van der Waals surface area contributed by atoms with Crippen molar-refractivity contribution in [1.82, 2.24) is 4.90 Å². The molecule has 0 aliphatic carbocycles. The summed E-state index contributed by atoms with van der Waals surface area (Å²) in [6, 6.07) is 5.07. The van der Waals surface area contributed by atoms with E-state index in [2.05, 4.69) is 0 Å². The number of anilines is 1. The lowest BCUT2D eigenvalue weighted by molar-refractivity contribution is -0.135. The van der Waals surface area contributed by atoms with Gasteiger partial charge in [0, 0.05) is 31.1 Å². The molecule has 2 heterocycles. The molecule has 0 spiro atoms. The highest BCUT2D eigenvalue weighted by atomic mass is 35.5. The van der Waals surface area contributed by atoms with Crippen LogP contribution in [0.1, 0.15) is 32.1 Å². The van der Waals surface area contributed by atoms with Crippen LogP contribution in [0.15, 0.2) is 18.2 Å². The molecule has 4 nitrogen and oxygen atoms in total. The minimum atomic E-state index is -0.271. The number of benzene rings is 1. The molecule has 0 aromatic heterocycles. The maximum atomic E-state index is 12.7. The first-order valence-corrected chi connectivity index (χ1v) is 8.86. The van der Waals surface area contributed by atoms with Crippen LogP contribution in [0.5, 0.6) is 0 Å². The first-order valence-electron chi connectivity index (χ1n) is 8.10. The molecule has 0 saturated carbocycles. The number of carbonyl (C=O) groups excluding carboxylic acids is 2. The summed E-state index contributed by atoms with van der Waals surface area (Å²) >= 11 is 12.1. The maximum Gasteiger partial charge on any atom is 0.228 e. The topological polar surface area (TPSA) is 40.6 Å². The molecule has 0 bridgehead atoms. The molecule has 1 unspecified atom stereocenters. The van der Waals surface area contributed by atoms with Crippen LogP contribution in [0.4, 0.5) is 5.69 Å². The Morgan fingerprint density at radius 1 is 1.09 bits per heavy atom. The molecule has 1 aromatic rings. The van der Waals surface area contributed by atoms with E-state index in [1.54, 1.807) is 23.1 Å². The Bertz CT molecular complexity index is 613. The van der Waals surface area contributed by atoms with Crippen LogP contribution in [0.25, 0.3) is 0 Å². The largest absolute Gasteiger partial charge is 0.342 e. The Kier molecular flexibility index (Phi) is 5.12. The smallest absolute Gasteiger partial charge is 0.228 e. The third-order valence-corrected chi connectivity index (χ3v) is 5.13. The van der Waals surface area contributed by atoms with Crippen LogP contribution in [0.2, 0.25) is 10.0 Å². The van der Waals surface area contributed by atoms with Crippen molar-refractivity contribution in [2.45, 2.75) is 32.1 Å². The van der Waals surface area contributed by atoms with Gasteiger partial charge in [-0.05, 0) is 31.0 Å². The van der Waals surface area contributed by atoms with E-state index in [1.807, 2.05) is 4.90 Å². The summed E-state index contributed by atoms with van der Waals surface area (Å²) in [6.45, 7) is 2.02. The third-order valence-electron chi connectivity index (χ3n) is 4.59. The summed E-state index contributed by atoms with van der Waals surface area (Å²) < 4.78 is 0. The van der Waals surface area contributed by atoms with Gasteiger partial charge in [-0.25, -0.2) is 0 Å². The lowest BCUT2D eigenvalue weighted by Crippen LogP contribution is -2.38. The normalized spacial score (nSPS) is 22.3. The monoisotopic (exact) mass is 354 g/mol. The van der Waals surface area contributed by atoms with Crippen LogP contribution in [-0.2, 0) is 9.59 Å². The maximum absolute atomic E-state index is 12.7. The van der Waals surface area contributed by atoms with E-state index in [4.69, 9.17) is 23.2 Å². The predicted octanol–water partition coefficient (Wildman–Crippen LogP) is 3.75. The van der Waals surface area contributed by atoms with E-state index in [0.717, 1.165) is 25.9 Å². The van der Waals surface area contributed by atoms with Gasteiger partial charge in [0.2, 0.25) is 11.8 Å². The van der Waals surface area contributed by atoms with E-state index in [0.29, 0.717) is 22.3 Å². The molecular weight excluding hydrogens is 335 g/mol. The van der Waals surface area contributed by atoms with Crippen molar-refractivity contribution in [3.63, 3.8) is 0 Å². The predicted molar refractivity (Wildman–Crippen MR) is 92.0 cm³/mol. The van der Waals surface area contributed by atoms with E-state index >= 15 is 0 Å². The molecule has 2 amide bonds. The quantitative estimate of drug-likeness (QED) is 0.811. The van der Waals surface area contributed by atoms with Gasteiger partial charge in [0.15, 0.2) is 0 Å². The van der Waals surface area contributed by atoms with E-state index < -0.39 is 0 Å². The van der Waals surface area contributed by atoms with Gasteiger partial charge < -0.3 is 9.80 Å². The number of hydrogen-bond acceptors (Lipinski definition) is 2. The van der Waals surface area contributed by atoms with Gasteiger partial charge in [-0.1, -0.05) is 36.0 Å². The van der Waals surface area contributed by atoms with Crippen LogP contribution < -0.4 is 4.90 Å². The zero-order valence-electron chi connectivity index (χ0n) is 12.9. The van der Waals surface area contributed by atoms with Gasteiger partial charge in [0.25, 0.3) is 0 Å². The second-order valence-electron chi connectivity index (χ2n) is 6.24. The van der Waals surface area contributed by atoms with Crippen molar-refractivity contribution in [1.29, 1.82) is 0 Å². The second-order valence-corrected chi connectivity index (χ2v) is 7.08. The van der Waals surface area contributed by atoms with Gasteiger partial charge in [-0.2, -0.15) is 0 Å². The van der Waals surface area contributed by atoms with Gasteiger partial charge >= 0.3 is 0 Å². The van der Waals surface area contributed by atoms with Crippen LogP contribution in [0.3, 0.4) is 0 Å². The highest BCUT2D eigenvalue weighted by molar-refractivity contribution is 6.36. The Hall–Kier alpha value is -1.26. The molecule has 6 heteroatoms. The Morgan fingerprint density at radius 3 is 2.43 bits per heavy atom. The Labute approximate surface area is 146 Å². The van der Waals surface area contributed by atoms with E-state index in [-0.39, 0.29) is 24.2 Å². The summed E-state index contributed by atoms with van der Waals surface area (Å²) in [5, 5.41) is 0.969. The molecule has 1 atom stereocenters. The SMILES string of the molecule is O=C(C1CC(=O)N(c2ccc(Cl)cc2Cl)C1)N1CCCCCC1. The summed E-state index contributed by atoms with van der Waals surface area (Å²) in [4.78, 5) is 28.6. The number of hydrogen-bond donors (Lipinski definition) is 0. The molecule has 0 radical (unpaired) electrons. The van der Waals surface area contributed by atoms with Crippen molar-refractivity contribution in [2.75, 3.05) is 24.5 Å². The number of nitrogens with zero attached hydrogens (tertiary/aromatic N) is 2. The standard InChI is InChI=1S/C17H20Cl2N2O2/c18-13-5-6-15(14(19)10-13)21-11-12(9-16(21)22)17(23)20-7-3-1-2-4-8-20/h5-6,10,12H,1-4,7-9,11H2. The zero-order valence-corrected chi connectivity index (χ0v) is 14.4. The third kappa shape index (κ3) is 3.64. The molecule has 2 aliphatic heterocycles. The molecule has 2 saturated heterocycles. The minimum absolute atomic E-state index is 0.0533. The number of halogens is 2. The molecule has 124 valence electrons. The fourth-order valence-corrected chi connectivity index (χ4v) is 3.87. The molecule has 3 rings (SSSR count). The summed E-state index contributed by atoms with van der Waals surface area (Å²) in [7, 11) is 0. The lowest BCUT2D eigenvalue weighted by Gasteiger charge is -2.24. The van der Waals surface area contributed by atoms with Crippen LogP contribution >= 0.6 is 23.2 Å². The van der Waals surface area contributed by atoms with Crippen molar-refractivity contribution >= 4 is 40.7 Å². The first-order chi connectivity index (χ1) is 11.1. The van der Waals surface area contributed by atoms with Crippen molar-refractivity contribution in [3.8, 4) is 0 Å². The number of rotatable bonds is 2. The molecule has 23 heavy (non-hydrogen) atoms. The average molecular weight is 355 g/mol.